The molecule has 0 aliphatic heterocycles. The van der Waals surface area contributed by atoms with E-state index in [1.54, 1.807) is 11.8 Å². The zero-order chi connectivity index (χ0) is 10.1. The highest BCUT2D eigenvalue weighted by Gasteiger charge is 2.12. The van der Waals surface area contributed by atoms with Crippen LogP contribution in [0, 0.1) is 4.77 Å². The van der Waals surface area contributed by atoms with Crippen LogP contribution >= 0.6 is 24.0 Å². The summed E-state index contributed by atoms with van der Waals surface area (Å²) in [5.41, 5.74) is 0. The minimum atomic E-state index is 0.216. The molecule has 0 saturated carbocycles. The van der Waals surface area contributed by atoms with E-state index < -0.39 is 0 Å². The molecule has 0 amide bonds. The molecule has 0 unspecified atom stereocenters. The van der Waals surface area contributed by atoms with Gasteiger partial charge in [-0.15, -0.1) is 11.8 Å². The molecular formula is C7H14N4S2. The highest BCUT2D eigenvalue weighted by atomic mass is 32.2. The minimum absolute atomic E-state index is 0.216. The Morgan fingerprint density at radius 2 is 2.23 bits per heavy atom. The van der Waals surface area contributed by atoms with Gasteiger partial charge in [-0.25, -0.2) is 4.68 Å². The number of hydrogen-bond donors (Lipinski definition) is 2. The molecule has 0 fully saturated rings. The average molecular weight is 218 g/mol. The number of nitrogens with one attached hydrogen (secondary N) is 1. The molecule has 0 aromatic carbocycles. The molecule has 0 saturated heterocycles. The van der Waals surface area contributed by atoms with Crippen LogP contribution in [0.4, 0.5) is 0 Å². The van der Waals surface area contributed by atoms with Gasteiger partial charge in [0.1, 0.15) is 0 Å². The zero-order valence-corrected chi connectivity index (χ0v) is 9.63. The number of nitrogens with zero attached hydrogens (tertiary/aromatic N) is 2. The maximum Gasteiger partial charge on any atom is 0.214 e. The second kappa shape index (κ2) is 3.71. The molecule has 1 rings (SSSR count). The Labute approximate surface area is 86.9 Å². The van der Waals surface area contributed by atoms with E-state index in [4.69, 9.17) is 18.1 Å². The lowest BCUT2D eigenvalue weighted by Gasteiger charge is -2.16. The first-order valence-corrected chi connectivity index (χ1v) is 5.35. The number of H-pyrrole nitrogens is 1. The van der Waals surface area contributed by atoms with Crippen molar-refractivity contribution in [3.05, 3.63) is 10.6 Å². The van der Waals surface area contributed by atoms with Crippen LogP contribution in [-0.4, -0.2) is 19.6 Å². The van der Waals surface area contributed by atoms with Crippen LogP contribution in [0.25, 0.3) is 0 Å². The quantitative estimate of drug-likeness (QED) is 0.586. The van der Waals surface area contributed by atoms with Crippen LogP contribution in [0.3, 0.4) is 0 Å². The zero-order valence-electron chi connectivity index (χ0n) is 8.00. The molecule has 4 nitrogen and oxygen atoms in total. The molecule has 1 aromatic heterocycles. The molecule has 1 aromatic rings. The van der Waals surface area contributed by atoms with E-state index in [-0.39, 0.29) is 4.75 Å². The third kappa shape index (κ3) is 3.04. The number of nitrogen functional groups attached to an aromatic ring is 1. The second-order valence-corrected chi connectivity index (χ2v) is 5.90. The first-order valence-electron chi connectivity index (χ1n) is 3.95. The molecular weight excluding hydrogens is 204 g/mol. The Hall–Kier alpha value is -0.490. The summed E-state index contributed by atoms with van der Waals surface area (Å²) in [5.74, 6) is 7.19. The van der Waals surface area contributed by atoms with Gasteiger partial charge >= 0.3 is 0 Å². The molecule has 0 spiro atoms. The van der Waals surface area contributed by atoms with Crippen molar-refractivity contribution in [2.45, 2.75) is 31.3 Å². The SMILES string of the molecule is CC(C)(C)SCc1n[nH]c(=S)n1N. The number of thioether (sulfide) groups is 1. The number of hydrogen-bond acceptors (Lipinski definition) is 4. The van der Waals surface area contributed by atoms with Gasteiger partial charge in [0, 0.05) is 4.75 Å². The third-order valence-corrected chi connectivity index (χ3v) is 2.97. The Bertz CT molecular complexity index is 333. The van der Waals surface area contributed by atoms with Crippen molar-refractivity contribution >= 4 is 24.0 Å². The van der Waals surface area contributed by atoms with Crippen molar-refractivity contribution < 1.29 is 0 Å². The lowest BCUT2D eigenvalue weighted by Crippen LogP contribution is -2.14. The van der Waals surface area contributed by atoms with E-state index in [9.17, 15) is 0 Å². The smallest absolute Gasteiger partial charge is 0.214 e. The minimum Gasteiger partial charge on any atom is -0.335 e. The Balaban J connectivity index is 2.66. The maximum atomic E-state index is 5.64. The van der Waals surface area contributed by atoms with Gasteiger partial charge in [0.05, 0.1) is 5.75 Å². The maximum absolute atomic E-state index is 5.64. The van der Waals surface area contributed by atoms with E-state index in [0.717, 1.165) is 11.6 Å². The van der Waals surface area contributed by atoms with Gasteiger partial charge in [-0.2, -0.15) is 5.10 Å². The molecule has 0 radical (unpaired) electrons. The summed E-state index contributed by atoms with van der Waals surface area (Å²) in [6, 6.07) is 0. The molecule has 1 heterocycles. The van der Waals surface area contributed by atoms with Gasteiger partial charge in [-0.3, -0.25) is 5.10 Å². The number of aromatic nitrogens is 3. The molecule has 0 aliphatic rings. The number of rotatable bonds is 2. The third-order valence-electron chi connectivity index (χ3n) is 1.41. The van der Waals surface area contributed by atoms with Gasteiger partial charge in [-0.1, -0.05) is 20.8 Å². The standard InChI is InChI=1S/C7H14N4S2/c1-7(2,3)13-4-5-9-10-6(12)11(5)8/h4,8H2,1-3H3,(H,10,12). The highest BCUT2D eigenvalue weighted by Crippen LogP contribution is 2.25. The van der Waals surface area contributed by atoms with Crippen molar-refractivity contribution in [3.63, 3.8) is 0 Å². The van der Waals surface area contributed by atoms with Crippen molar-refractivity contribution in [3.8, 4) is 0 Å². The topological polar surface area (TPSA) is 59.6 Å². The van der Waals surface area contributed by atoms with Crippen molar-refractivity contribution in [1.82, 2.24) is 14.9 Å². The molecule has 0 aliphatic carbocycles. The van der Waals surface area contributed by atoms with Gasteiger partial charge in [0.25, 0.3) is 0 Å². The first kappa shape index (κ1) is 10.6. The second-order valence-electron chi connectivity index (χ2n) is 3.72. The van der Waals surface area contributed by atoms with Gasteiger partial charge in [0.2, 0.25) is 4.77 Å². The van der Waals surface area contributed by atoms with E-state index in [1.165, 1.54) is 4.68 Å². The van der Waals surface area contributed by atoms with Gasteiger partial charge in [0.15, 0.2) is 5.82 Å². The molecule has 6 heteroatoms. The van der Waals surface area contributed by atoms with E-state index in [2.05, 4.69) is 31.0 Å². The summed E-state index contributed by atoms with van der Waals surface area (Å²) in [4.78, 5) is 0. The predicted molar refractivity (Wildman–Crippen MR) is 58.6 cm³/mol. The van der Waals surface area contributed by atoms with Crippen LogP contribution in [0.15, 0.2) is 0 Å². The lowest BCUT2D eigenvalue weighted by molar-refractivity contribution is 0.797. The average Bonchev–Trinajstić information content (AvgIpc) is 2.29. The van der Waals surface area contributed by atoms with Crippen molar-refractivity contribution in [2.75, 3.05) is 5.84 Å². The lowest BCUT2D eigenvalue weighted by atomic mass is 10.3. The number of aromatic amines is 1. The summed E-state index contributed by atoms with van der Waals surface area (Å²) in [6.07, 6.45) is 0. The predicted octanol–water partition coefficient (Wildman–Crippen LogP) is 1.69. The van der Waals surface area contributed by atoms with E-state index >= 15 is 0 Å². The Morgan fingerprint density at radius 1 is 1.62 bits per heavy atom. The Morgan fingerprint density at radius 3 is 2.62 bits per heavy atom. The first-order chi connectivity index (χ1) is 5.90. The van der Waals surface area contributed by atoms with E-state index in [0.29, 0.717) is 4.77 Å². The number of nitrogens with two attached hydrogens (primary N) is 1. The highest BCUT2D eigenvalue weighted by molar-refractivity contribution is 7.99. The van der Waals surface area contributed by atoms with Crippen LogP contribution < -0.4 is 5.84 Å². The summed E-state index contributed by atoms with van der Waals surface area (Å²) in [6.45, 7) is 6.46. The molecule has 3 N–H and O–H groups in total. The molecule has 74 valence electrons. The van der Waals surface area contributed by atoms with Crippen LogP contribution in [0.2, 0.25) is 0 Å². The van der Waals surface area contributed by atoms with Crippen molar-refractivity contribution in [2.24, 2.45) is 0 Å². The van der Waals surface area contributed by atoms with Gasteiger partial charge < -0.3 is 5.84 Å². The molecule has 0 bridgehead atoms. The van der Waals surface area contributed by atoms with E-state index in [1.807, 2.05) is 0 Å². The molecule has 0 atom stereocenters. The fraction of sp³-hybridized carbons (Fsp3) is 0.714. The normalized spacial score (nSPS) is 11.9. The summed E-state index contributed by atoms with van der Waals surface area (Å²) in [5, 5.41) is 6.67. The molecule has 13 heavy (non-hydrogen) atoms. The fourth-order valence-electron chi connectivity index (χ4n) is 0.720. The van der Waals surface area contributed by atoms with Crippen LogP contribution in [0.1, 0.15) is 26.6 Å². The van der Waals surface area contributed by atoms with Crippen LogP contribution in [0.5, 0.6) is 0 Å². The largest absolute Gasteiger partial charge is 0.335 e. The van der Waals surface area contributed by atoms with Crippen LogP contribution in [-0.2, 0) is 5.75 Å². The van der Waals surface area contributed by atoms with Gasteiger partial charge in [-0.05, 0) is 12.2 Å². The Kier molecular flexibility index (Phi) is 3.02. The summed E-state index contributed by atoms with van der Waals surface area (Å²) >= 11 is 6.68. The van der Waals surface area contributed by atoms with Crippen molar-refractivity contribution in [1.29, 1.82) is 0 Å². The fourth-order valence-corrected chi connectivity index (χ4v) is 1.64. The monoisotopic (exact) mass is 218 g/mol. The summed E-state index contributed by atoms with van der Waals surface area (Å²) in [7, 11) is 0. The summed E-state index contributed by atoms with van der Waals surface area (Å²) < 4.78 is 2.09.